The van der Waals surface area contributed by atoms with Crippen molar-refractivity contribution in [2.75, 3.05) is 0 Å². The average molecular weight is 378 g/mol. The maximum absolute atomic E-state index is 5.78. The van der Waals surface area contributed by atoms with Crippen LogP contribution in [0.2, 0.25) is 0 Å². The van der Waals surface area contributed by atoms with E-state index in [-0.39, 0.29) is 0 Å². The molecular weight excluding hydrogens is 362 g/mol. The van der Waals surface area contributed by atoms with Crippen LogP contribution in [-0.2, 0) is 24.4 Å². The Morgan fingerprint density at radius 1 is 1.45 bits per heavy atom. The fourth-order valence-electron chi connectivity index (χ4n) is 2.46. The van der Waals surface area contributed by atoms with E-state index in [0.29, 0.717) is 13.2 Å². The predicted molar refractivity (Wildman–Crippen MR) is 92.3 cm³/mol. The highest BCUT2D eigenvalue weighted by molar-refractivity contribution is 9.11. The number of nitrogens with zero attached hydrogens (tertiary/aromatic N) is 3. The topological polar surface area (TPSA) is 39.9 Å². The number of thiophene rings is 1. The summed E-state index contributed by atoms with van der Waals surface area (Å²) in [6.45, 7) is 10.8. The highest BCUT2D eigenvalue weighted by atomic mass is 79.9. The maximum atomic E-state index is 5.78. The summed E-state index contributed by atoms with van der Waals surface area (Å²) in [7, 11) is 0. The van der Waals surface area contributed by atoms with E-state index < -0.39 is 0 Å². The number of hydrogen-bond donors (Lipinski definition) is 0. The molecule has 6 heteroatoms. The summed E-state index contributed by atoms with van der Waals surface area (Å²) in [5, 5.41) is 9.50. The molecule has 0 aliphatic carbocycles. The van der Waals surface area contributed by atoms with Crippen LogP contribution in [0.5, 0.6) is 0 Å². The summed E-state index contributed by atoms with van der Waals surface area (Å²) in [6, 6.07) is 0. The van der Waals surface area contributed by atoms with Crippen LogP contribution in [0.3, 0.4) is 0 Å². The molecule has 4 nitrogen and oxygen atoms in total. The van der Waals surface area contributed by atoms with Crippen LogP contribution >= 0.6 is 27.3 Å². The molecule has 0 radical (unpaired) electrons. The Morgan fingerprint density at radius 2 is 2.27 bits per heavy atom. The van der Waals surface area contributed by atoms with E-state index in [0.717, 1.165) is 32.4 Å². The first-order valence-electron chi connectivity index (χ1n) is 6.87. The van der Waals surface area contributed by atoms with Gasteiger partial charge in [0, 0.05) is 5.56 Å². The lowest BCUT2D eigenvalue weighted by atomic mass is 10.0. The molecule has 1 aliphatic heterocycles. The fraction of sp³-hybridized carbons (Fsp3) is 0.250. The first-order valence-corrected chi connectivity index (χ1v) is 8.48. The number of allylic oxidation sites excluding steroid dienone is 4. The van der Waals surface area contributed by atoms with Gasteiger partial charge in [0.05, 0.1) is 10.4 Å². The third-order valence-electron chi connectivity index (χ3n) is 3.49. The highest BCUT2D eigenvalue weighted by Crippen LogP contribution is 2.39. The van der Waals surface area contributed by atoms with E-state index in [4.69, 9.17) is 4.74 Å². The zero-order chi connectivity index (χ0) is 15.7. The lowest BCUT2D eigenvalue weighted by molar-refractivity contribution is 0.104. The van der Waals surface area contributed by atoms with Crippen LogP contribution in [0.1, 0.15) is 22.8 Å². The van der Waals surface area contributed by atoms with Crippen LogP contribution in [0.25, 0.3) is 5.00 Å². The van der Waals surface area contributed by atoms with E-state index in [1.165, 1.54) is 11.1 Å². The Bertz CT molecular complexity index is 773. The molecule has 0 fully saturated rings. The monoisotopic (exact) mass is 377 g/mol. The number of ether oxygens (including phenoxy) is 1. The molecule has 0 N–H and O–H groups in total. The minimum Gasteiger partial charge on any atom is -0.369 e. The van der Waals surface area contributed by atoms with E-state index in [9.17, 15) is 0 Å². The molecule has 0 unspecified atom stereocenters. The second kappa shape index (κ2) is 6.32. The van der Waals surface area contributed by atoms with E-state index in [2.05, 4.69) is 43.9 Å². The quantitative estimate of drug-likeness (QED) is 0.746. The van der Waals surface area contributed by atoms with Crippen molar-refractivity contribution in [3.05, 3.63) is 63.5 Å². The second-order valence-corrected chi connectivity index (χ2v) is 7.38. The summed E-state index contributed by atoms with van der Waals surface area (Å²) in [5.74, 6) is 1.73. The number of hydrogen-bond acceptors (Lipinski definition) is 4. The summed E-state index contributed by atoms with van der Waals surface area (Å²) in [6.07, 6.45) is 6.41. The molecule has 2 aromatic rings. The van der Waals surface area contributed by atoms with Crippen molar-refractivity contribution in [1.82, 2.24) is 14.8 Å². The Hall–Kier alpha value is -1.50. The smallest absolute Gasteiger partial charge is 0.164 e. The lowest BCUT2D eigenvalue weighted by Gasteiger charge is -2.06. The van der Waals surface area contributed by atoms with Gasteiger partial charge in [0.25, 0.3) is 0 Å². The van der Waals surface area contributed by atoms with E-state index >= 15 is 0 Å². The summed E-state index contributed by atoms with van der Waals surface area (Å²) in [5.41, 5.74) is 3.44. The van der Waals surface area contributed by atoms with Gasteiger partial charge >= 0.3 is 0 Å². The molecule has 0 aromatic carbocycles. The van der Waals surface area contributed by atoms with E-state index in [1.807, 2.05) is 19.1 Å². The van der Waals surface area contributed by atoms with Crippen molar-refractivity contribution >= 4 is 27.3 Å². The van der Waals surface area contributed by atoms with Gasteiger partial charge in [-0.25, -0.2) is 0 Å². The molecular formula is C16H16BrN3OS. The normalized spacial score (nSPS) is 13.7. The Labute approximate surface area is 142 Å². The van der Waals surface area contributed by atoms with Crippen LogP contribution < -0.4 is 0 Å². The van der Waals surface area contributed by atoms with Crippen LogP contribution in [0.4, 0.5) is 0 Å². The van der Waals surface area contributed by atoms with Crippen LogP contribution in [0.15, 0.2) is 40.7 Å². The van der Waals surface area contributed by atoms with Gasteiger partial charge in [-0.15, -0.1) is 21.5 Å². The van der Waals surface area contributed by atoms with Gasteiger partial charge in [0.15, 0.2) is 5.82 Å². The van der Waals surface area contributed by atoms with Gasteiger partial charge in [-0.3, -0.25) is 4.57 Å². The Balaban J connectivity index is 2.04. The summed E-state index contributed by atoms with van der Waals surface area (Å²) < 4.78 is 8.97. The standard InChI is InChI=1S/C16H16BrN3OS/c1-4-5-6-10(2)7-12-13-8-21-9-14-19-18-11(3)20(14)16(13)22-15(12)17/h4-6H,1-2,7-9H2,3H3/b6-5-. The number of fused-ring (bicyclic) bond motifs is 3. The van der Waals surface area contributed by atoms with Crippen molar-refractivity contribution in [3.63, 3.8) is 0 Å². The molecule has 3 rings (SSSR count). The van der Waals surface area contributed by atoms with Crippen molar-refractivity contribution in [3.8, 4) is 5.00 Å². The molecule has 2 aromatic heterocycles. The fourth-order valence-corrected chi connectivity index (χ4v) is 4.42. The molecule has 0 atom stereocenters. The van der Waals surface area contributed by atoms with Gasteiger partial charge < -0.3 is 4.74 Å². The average Bonchev–Trinajstić information content (AvgIpc) is 2.92. The molecule has 0 amide bonds. The molecule has 0 saturated carbocycles. The zero-order valence-electron chi connectivity index (χ0n) is 12.3. The number of halogens is 1. The Morgan fingerprint density at radius 3 is 3.05 bits per heavy atom. The molecule has 3 heterocycles. The molecule has 0 bridgehead atoms. The molecule has 1 aliphatic rings. The molecule has 0 saturated heterocycles. The van der Waals surface area contributed by atoms with Crippen LogP contribution in [-0.4, -0.2) is 14.8 Å². The first kappa shape index (κ1) is 15.4. The van der Waals surface area contributed by atoms with Gasteiger partial charge in [-0.1, -0.05) is 37.0 Å². The minimum atomic E-state index is 0.483. The van der Waals surface area contributed by atoms with Crippen molar-refractivity contribution in [2.45, 2.75) is 26.6 Å². The van der Waals surface area contributed by atoms with Crippen molar-refractivity contribution in [1.29, 1.82) is 0 Å². The third-order valence-corrected chi connectivity index (χ3v) is 5.50. The lowest BCUT2D eigenvalue weighted by Crippen LogP contribution is -2.00. The SMILES string of the molecule is C=C/C=C\C(=C)Cc1c(Br)sc2c1COCc1nnc(C)n1-2. The van der Waals surface area contributed by atoms with Crippen LogP contribution in [0, 0.1) is 6.92 Å². The number of aryl methyl sites for hydroxylation is 1. The minimum absolute atomic E-state index is 0.483. The predicted octanol–water partition coefficient (Wildman–Crippen LogP) is 4.27. The molecule has 22 heavy (non-hydrogen) atoms. The number of aromatic nitrogens is 3. The zero-order valence-corrected chi connectivity index (χ0v) is 14.7. The third kappa shape index (κ3) is 2.74. The maximum Gasteiger partial charge on any atom is 0.164 e. The van der Waals surface area contributed by atoms with E-state index in [1.54, 1.807) is 17.4 Å². The Kier molecular flexibility index (Phi) is 4.42. The van der Waals surface area contributed by atoms with Gasteiger partial charge in [0.2, 0.25) is 0 Å². The van der Waals surface area contributed by atoms with Gasteiger partial charge in [-0.05, 0) is 34.8 Å². The van der Waals surface area contributed by atoms with Crippen molar-refractivity contribution < 1.29 is 4.74 Å². The highest BCUT2D eigenvalue weighted by Gasteiger charge is 2.24. The largest absolute Gasteiger partial charge is 0.369 e. The second-order valence-electron chi connectivity index (χ2n) is 5.06. The summed E-state index contributed by atoms with van der Waals surface area (Å²) in [4.78, 5) is 0. The first-order chi connectivity index (χ1) is 10.6. The summed E-state index contributed by atoms with van der Waals surface area (Å²) >= 11 is 5.38. The number of rotatable bonds is 4. The van der Waals surface area contributed by atoms with Gasteiger partial charge in [-0.2, -0.15) is 0 Å². The van der Waals surface area contributed by atoms with Crippen molar-refractivity contribution in [2.24, 2.45) is 0 Å². The molecule has 114 valence electrons. The van der Waals surface area contributed by atoms with Gasteiger partial charge in [0.1, 0.15) is 17.4 Å². The molecule has 0 spiro atoms.